The largest absolute Gasteiger partial charge is 0.342 e. The van der Waals surface area contributed by atoms with E-state index in [9.17, 15) is 9.18 Å². The summed E-state index contributed by atoms with van der Waals surface area (Å²) >= 11 is 1.39. The second-order valence-corrected chi connectivity index (χ2v) is 6.48. The number of halogens is 1. The topological polar surface area (TPSA) is 46.9 Å². The van der Waals surface area contributed by atoms with E-state index in [1.165, 1.54) is 23.5 Å². The monoisotopic (exact) mass is 351 g/mol. The summed E-state index contributed by atoms with van der Waals surface area (Å²) in [5.41, 5.74) is 2.46. The zero-order valence-electron chi connectivity index (χ0n) is 13.4. The van der Waals surface area contributed by atoms with Crippen LogP contribution in [0.2, 0.25) is 0 Å². The number of amides is 1. The Bertz CT molecular complexity index is 1080. The molecule has 0 aliphatic carbocycles. The van der Waals surface area contributed by atoms with Gasteiger partial charge in [0.05, 0.1) is 11.4 Å². The quantitative estimate of drug-likeness (QED) is 0.582. The number of aromatic nitrogens is 2. The lowest BCUT2D eigenvalue weighted by molar-refractivity contribution is 0.102. The molecule has 0 aliphatic heterocycles. The van der Waals surface area contributed by atoms with Crippen molar-refractivity contribution in [2.45, 2.75) is 0 Å². The molecule has 0 radical (unpaired) electrons. The van der Waals surface area contributed by atoms with Crippen LogP contribution in [-0.4, -0.2) is 15.5 Å². The third-order valence-electron chi connectivity index (χ3n) is 4.03. The lowest BCUT2D eigenvalue weighted by Gasteiger charge is -2.04. The second-order valence-electron chi connectivity index (χ2n) is 5.62. The van der Waals surface area contributed by atoms with Gasteiger partial charge in [-0.15, -0.1) is 11.3 Å². The predicted molar refractivity (Wildman–Crippen MR) is 98.4 cm³/mol. The normalized spacial score (nSPS) is 11.0. The molecule has 2 aromatic carbocycles. The number of hydrogen-bond acceptors (Lipinski definition) is 3. The van der Waals surface area contributed by atoms with Gasteiger partial charge in [0.25, 0.3) is 5.91 Å². The molecule has 2 heterocycles. The summed E-state index contributed by atoms with van der Waals surface area (Å²) in [4.78, 5) is 16.8. The van der Waals surface area contributed by atoms with Gasteiger partial charge in [-0.2, -0.15) is 0 Å². The molecular formula is C19H14FN3OS. The van der Waals surface area contributed by atoms with E-state index in [4.69, 9.17) is 0 Å². The van der Waals surface area contributed by atoms with E-state index in [1.807, 2.05) is 41.9 Å². The summed E-state index contributed by atoms with van der Waals surface area (Å²) < 4.78 is 15.7. The summed E-state index contributed by atoms with van der Waals surface area (Å²) in [6, 6.07) is 16.2. The maximum Gasteiger partial charge on any atom is 0.275 e. The van der Waals surface area contributed by atoms with Gasteiger partial charge >= 0.3 is 0 Å². The van der Waals surface area contributed by atoms with Crippen LogP contribution in [-0.2, 0) is 7.05 Å². The van der Waals surface area contributed by atoms with Gasteiger partial charge in [0, 0.05) is 23.3 Å². The van der Waals surface area contributed by atoms with Crippen LogP contribution >= 0.6 is 11.3 Å². The minimum absolute atomic E-state index is 0.145. The molecule has 0 bridgehead atoms. The Balaban J connectivity index is 1.64. The minimum atomic E-state index is -0.472. The first kappa shape index (κ1) is 15.5. The number of aryl methyl sites for hydroxylation is 1. The Morgan fingerprint density at radius 3 is 2.72 bits per heavy atom. The van der Waals surface area contributed by atoms with Crippen LogP contribution in [0, 0.1) is 5.82 Å². The summed E-state index contributed by atoms with van der Waals surface area (Å²) in [5.74, 6) is -0.897. The molecule has 0 unspecified atom stereocenters. The van der Waals surface area contributed by atoms with Crippen molar-refractivity contribution >= 4 is 33.8 Å². The number of benzene rings is 2. The van der Waals surface area contributed by atoms with Gasteiger partial charge in [-0.3, -0.25) is 4.79 Å². The number of thiazole rings is 1. The van der Waals surface area contributed by atoms with E-state index in [-0.39, 0.29) is 11.4 Å². The van der Waals surface area contributed by atoms with Crippen molar-refractivity contribution in [2.24, 2.45) is 7.05 Å². The van der Waals surface area contributed by atoms with Gasteiger partial charge in [0.2, 0.25) is 0 Å². The Labute approximate surface area is 147 Å². The molecule has 25 heavy (non-hydrogen) atoms. The maximum absolute atomic E-state index is 13.7. The first-order valence-corrected chi connectivity index (χ1v) is 8.57. The van der Waals surface area contributed by atoms with Crippen LogP contribution in [0.4, 0.5) is 10.1 Å². The molecule has 124 valence electrons. The van der Waals surface area contributed by atoms with E-state index in [1.54, 1.807) is 17.5 Å². The van der Waals surface area contributed by atoms with Crippen LogP contribution in [0.3, 0.4) is 0 Å². The number of hydrogen-bond donors (Lipinski definition) is 1. The summed E-state index contributed by atoms with van der Waals surface area (Å²) in [6.45, 7) is 0. The third kappa shape index (κ3) is 2.81. The average molecular weight is 351 g/mol. The van der Waals surface area contributed by atoms with E-state index >= 15 is 0 Å². The molecule has 4 aromatic rings. The second kappa shape index (κ2) is 6.14. The van der Waals surface area contributed by atoms with Crippen molar-refractivity contribution in [3.05, 3.63) is 71.5 Å². The lowest BCUT2D eigenvalue weighted by atomic mass is 10.2. The first-order valence-electron chi connectivity index (χ1n) is 7.70. The van der Waals surface area contributed by atoms with Crippen molar-refractivity contribution in [1.82, 2.24) is 9.55 Å². The summed E-state index contributed by atoms with van der Waals surface area (Å²) in [7, 11) is 1.97. The van der Waals surface area contributed by atoms with Gasteiger partial charge in [-0.25, -0.2) is 9.37 Å². The number of rotatable bonds is 3. The van der Waals surface area contributed by atoms with Crippen molar-refractivity contribution in [2.75, 3.05) is 5.32 Å². The molecule has 0 atom stereocenters. The summed E-state index contributed by atoms with van der Waals surface area (Å²) in [5, 5.41) is 6.11. The minimum Gasteiger partial charge on any atom is -0.342 e. The zero-order valence-corrected chi connectivity index (χ0v) is 14.2. The molecule has 0 spiro atoms. The highest BCUT2D eigenvalue weighted by molar-refractivity contribution is 7.13. The van der Waals surface area contributed by atoms with E-state index < -0.39 is 11.7 Å². The van der Waals surface area contributed by atoms with Crippen molar-refractivity contribution in [3.63, 3.8) is 0 Å². The number of carbonyl (C=O) groups excluding carboxylic acids is 1. The molecule has 1 N–H and O–H groups in total. The molecule has 6 heteroatoms. The number of nitrogens with zero attached hydrogens (tertiary/aromatic N) is 2. The zero-order chi connectivity index (χ0) is 17.4. The number of nitrogens with one attached hydrogen (secondary N) is 1. The van der Waals surface area contributed by atoms with Crippen molar-refractivity contribution in [1.29, 1.82) is 0 Å². The smallest absolute Gasteiger partial charge is 0.275 e. The van der Waals surface area contributed by atoms with Crippen LogP contribution < -0.4 is 5.32 Å². The Morgan fingerprint density at radius 2 is 1.92 bits per heavy atom. The molecule has 0 saturated heterocycles. The molecular weight excluding hydrogens is 337 g/mol. The molecule has 1 amide bonds. The van der Waals surface area contributed by atoms with E-state index in [2.05, 4.69) is 10.3 Å². The molecule has 4 rings (SSSR count). The molecule has 0 aliphatic rings. The van der Waals surface area contributed by atoms with Crippen molar-refractivity contribution < 1.29 is 9.18 Å². The highest BCUT2D eigenvalue weighted by atomic mass is 32.1. The fraction of sp³-hybridized carbons (Fsp3) is 0.0526. The van der Waals surface area contributed by atoms with Crippen LogP contribution in [0.25, 0.3) is 21.6 Å². The van der Waals surface area contributed by atoms with Gasteiger partial charge < -0.3 is 9.88 Å². The van der Waals surface area contributed by atoms with Gasteiger partial charge in [0.1, 0.15) is 16.5 Å². The van der Waals surface area contributed by atoms with Crippen LogP contribution in [0.1, 0.15) is 10.5 Å². The number of fused-ring (bicyclic) bond motifs is 1. The van der Waals surface area contributed by atoms with Gasteiger partial charge in [0.15, 0.2) is 0 Å². The molecule has 0 fully saturated rings. The van der Waals surface area contributed by atoms with Gasteiger partial charge in [-0.1, -0.05) is 30.3 Å². The summed E-state index contributed by atoms with van der Waals surface area (Å²) in [6.07, 6.45) is 0. The molecule has 2 aromatic heterocycles. The van der Waals surface area contributed by atoms with Crippen LogP contribution in [0.15, 0.2) is 60.0 Å². The Morgan fingerprint density at radius 1 is 1.16 bits per heavy atom. The molecule has 4 nitrogen and oxygen atoms in total. The SMILES string of the molecule is Cn1c(-c2nc(C(=O)Nc3ccccc3F)cs2)cc2ccccc21. The van der Waals surface area contributed by atoms with E-state index in [0.717, 1.165) is 21.6 Å². The first-order chi connectivity index (χ1) is 12.1. The van der Waals surface area contributed by atoms with E-state index in [0.29, 0.717) is 0 Å². The third-order valence-corrected chi connectivity index (χ3v) is 4.89. The fourth-order valence-electron chi connectivity index (χ4n) is 2.74. The Kier molecular flexibility index (Phi) is 3.82. The highest BCUT2D eigenvalue weighted by Gasteiger charge is 2.16. The fourth-order valence-corrected chi connectivity index (χ4v) is 3.59. The maximum atomic E-state index is 13.7. The number of carbonyl (C=O) groups is 1. The lowest BCUT2D eigenvalue weighted by Crippen LogP contribution is -2.13. The average Bonchev–Trinajstić information content (AvgIpc) is 3.22. The highest BCUT2D eigenvalue weighted by Crippen LogP contribution is 2.29. The van der Waals surface area contributed by atoms with Crippen molar-refractivity contribution in [3.8, 4) is 10.7 Å². The predicted octanol–water partition coefficient (Wildman–Crippen LogP) is 4.69. The standard InChI is InChI=1S/C19H14FN3OS/c1-23-16-9-5-2-6-12(16)10-17(23)19-22-15(11-25-19)18(24)21-14-8-4-3-7-13(14)20/h2-11H,1H3,(H,21,24). The number of anilines is 1. The van der Waals surface area contributed by atoms with Crippen LogP contribution in [0.5, 0.6) is 0 Å². The molecule has 0 saturated carbocycles. The number of para-hydroxylation sites is 2. The van der Waals surface area contributed by atoms with Gasteiger partial charge in [-0.05, 0) is 24.3 Å². The Hall–Kier alpha value is -2.99.